The number of hydrogen-bond donors (Lipinski definition) is 2. The molecule has 2 rings (SSSR count). The molecule has 1 aliphatic carbocycles. The van der Waals surface area contributed by atoms with Crippen LogP contribution in [-0.4, -0.2) is 32.5 Å². The number of rotatable bonds is 3. The van der Waals surface area contributed by atoms with Crippen molar-refractivity contribution in [2.45, 2.75) is 56.4 Å². The van der Waals surface area contributed by atoms with E-state index in [2.05, 4.69) is 10.6 Å². The summed E-state index contributed by atoms with van der Waals surface area (Å²) >= 11 is 0. The van der Waals surface area contributed by atoms with Crippen LogP contribution in [0.2, 0.25) is 0 Å². The van der Waals surface area contributed by atoms with Crippen LogP contribution >= 0.6 is 0 Å². The monoisotopic (exact) mass is 352 g/mol. The van der Waals surface area contributed by atoms with Gasteiger partial charge in [-0.05, 0) is 37.5 Å². The van der Waals surface area contributed by atoms with E-state index in [-0.39, 0.29) is 16.6 Å². The highest BCUT2D eigenvalue weighted by Crippen LogP contribution is 2.23. The van der Waals surface area contributed by atoms with Gasteiger partial charge >= 0.3 is 11.8 Å². The average Bonchev–Trinajstić information content (AvgIpc) is 2.74. The number of sulfone groups is 1. The molecule has 1 aliphatic rings. The molecule has 0 atom stereocenters. The van der Waals surface area contributed by atoms with Gasteiger partial charge in [-0.15, -0.1) is 0 Å². The fourth-order valence-electron chi connectivity index (χ4n) is 2.92. The van der Waals surface area contributed by atoms with E-state index in [1.165, 1.54) is 6.07 Å². The van der Waals surface area contributed by atoms with Crippen LogP contribution in [0.25, 0.3) is 0 Å². The Morgan fingerprint density at radius 1 is 1.04 bits per heavy atom. The molecule has 0 radical (unpaired) electrons. The summed E-state index contributed by atoms with van der Waals surface area (Å²) in [5, 5.41) is 5.18. The zero-order chi connectivity index (χ0) is 17.7. The molecule has 2 amide bonds. The molecular weight excluding hydrogens is 328 g/mol. The third kappa shape index (κ3) is 5.06. The SMILES string of the molecule is Cc1ccc(S(C)(=O)=O)c(NC(=O)C(=O)NC2CCCCCC2)c1. The molecule has 1 aromatic rings. The Kier molecular flexibility index (Phi) is 5.99. The number of aryl methyl sites for hydroxylation is 1. The summed E-state index contributed by atoms with van der Waals surface area (Å²) in [4.78, 5) is 24.2. The van der Waals surface area contributed by atoms with Crippen LogP contribution in [-0.2, 0) is 19.4 Å². The molecular formula is C17H24N2O4S. The first-order chi connectivity index (χ1) is 11.3. The molecule has 1 aromatic carbocycles. The highest BCUT2D eigenvalue weighted by Gasteiger charge is 2.22. The van der Waals surface area contributed by atoms with Crippen molar-refractivity contribution in [3.8, 4) is 0 Å². The maximum absolute atomic E-state index is 12.1. The minimum Gasteiger partial charge on any atom is -0.345 e. The van der Waals surface area contributed by atoms with Gasteiger partial charge in [0.25, 0.3) is 0 Å². The minimum absolute atomic E-state index is 0.00344. The molecule has 0 bridgehead atoms. The van der Waals surface area contributed by atoms with Crippen molar-refractivity contribution < 1.29 is 18.0 Å². The maximum atomic E-state index is 12.1. The first kappa shape index (κ1) is 18.4. The van der Waals surface area contributed by atoms with Gasteiger partial charge in [0, 0.05) is 12.3 Å². The molecule has 2 N–H and O–H groups in total. The Bertz CT molecular complexity index is 720. The second kappa shape index (κ2) is 7.79. The van der Waals surface area contributed by atoms with Gasteiger partial charge in [0.05, 0.1) is 10.6 Å². The number of amides is 2. The van der Waals surface area contributed by atoms with Crippen LogP contribution in [0.4, 0.5) is 5.69 Å². The second-order valence-corrected chi connectivity index (χ2v) is 8.37. The maximum Gasteiger partial charge on any atom is 0.313 e. The van der Waals surface area contributed by atoms with E-state index >= 15 is 0 Å². The Morgan fingerprint density at radius 3 is 2.25 bits per heavy atom. The molecule has 0 unspecified atom stereocenters. The summed E-state index contributed by atoms with van der Waals surface area (Å²) in [7, 11) is -3.50. The van der Waals surface area contributed by atoms with Crippen molar-refractivity contribution in [3.05, 3.63) is 23.8 Å². The molecule has 1 saturated carbocycles. The van der Waals surface area contributed by atoms with Gasteiger partial charge in [-0.2, -0.15) is 0 Å². The lowest BCUT2D eigenvalue weighted by molar-refractivity contribution is -0.136. The summed E-state index contributed by atoms with van der Waals surface area (Å²) in [6, 6.07) is 4.64. The topological polar surface area (TPSA) is 92.3 Å². The van der Waals surface area contributed by atoms with Crippen LogP contribution in [0, 0.1) is 6.92 Å². The van der Waals surface area contributed by atoms with Crippen molar-refractivity contribution in [3.63, 3.8) is 0 Å². The predicted molar refractivity (Wildman–Crippen MR) is 92.6 cm³/mol. The Balaban J connectivity index is 2.08. The first-order valence-corrected chi connectivity index (χ1v) is 10.1. The largest absolute Gasteiger partial charge is 0.345 e. The fraction of sp³-hybridized carbons (Fsp3) is 0.529. The molecule has 24 heavy (non-hydrogen) atoms. The molecule has 6 nitrogen and oxygen atoms in total. The van der Waals surface area contributed by atoms with Crippen molar-refractivity contribution in [2.75, 3.05) is 11.6 Å². The standard InChI is InChI=1S/C17H24N2O4S/c1-12-9-10-15(24(2,22)23)14(11-12)19-17(21)16(20)18-13-7-5-3-4-6-8-13/h9-11,13H,3-8H2,1-2H3,(H,18,20)(H,19,21). The van der Waals surface area contributed by atoms with E-state index in [1.54, 1.807) is 19.1 Å². The third-order valence-corrected chi connectivity index (χ3v) is 5.33. The molecule has 0 spiro atoms. The third-order valence-electron chi connectivity index (χ3n) is 4.18. The first-order valence-electron chi connectivity index (χ1n) is 8.20. The van der Waals surface area contributed by atoms with Crippen molar-refractivity contribution in [1.29, 1.82) is 0 Å². The normalized spacial score (nSPS) is 16.2. The molecule has 132 valence electrons. The predicted octanol–water partition coefficient (Wildman–Crippen LogP) is 2.18. The fourth-order valence-corrected chi connectivity index (χ4v) is 3.74. The summed E-state index contributed by atoms with van der Waals surface area (Å²) in [5.41, 5.74) is 0.931. The second-order valence-electron chi connectivity index (χ2n) is 6.39. The Labute approximate surface area is 142 Å². The van der Waals surface area contributed by atoms with Gasteiger partial charge in [0.2, 0.25) is 0 Å². The number of carbonyl (C=O) groups is 2. The summed E-state index contributed by atoms with van der Waals surface area (Å²) in [6.07, 6.45) is 7.21. The molecule has 0 saturated heterocycles. The van der Waals surface area contributed by atoms with E-state index < -0.39 is 21.7 Å². The Morgan fingerprint density at radius 2 is 1.67 bits per heavy atom. The van der Waals surface area contributed by atoms with Gasteiger partial charge in [-0.3, -0.25) is 9.59 Å². The quantitative estimate of drug-likeness (QED) is 0.644. The van der Waals surface area contributed by atoms with Crippen LogP contribution < -0.4 is 10.6 Å². The van der Waals surface area contributed by atoms with Gasteiger partial charge in [-0.1, -0.05) is 31.7 Å². The number of carbonyl (C=O) groups excluding carboxylic acids is 2. The molecule has 0 heterocycles. The van der Waals surface area contributed by atoms with E-state index in [0.717, 1.165) is 50.3 Å². The smallest absolute Gasteiger partial charge is 0.313 e. The Hall–Kier alpha value is -1.89. The van der Waals surface area contributed by atoms with E-state index in [0.29, 0.717) is 0 Å². The van der Waals surface area contributed by atoms with Gasteiger partial charge < -0.3 is 10.6 Å². The van der Waals surface area contributed by atoms with E-state index in [4.69, 9.17) is 0 Å². The average molecular weight is 352 g/mol. The number of anilines is 1. The molecule has 7 heteroatoms. The van der Waals surface area contributed by atoms with Crippen molar-refractivity contribution in [2.24, 2.45) is 0 Å². The molecule has 0 aliphatic heterocycles. The van der Waals surface area contributed by atoms with Gasteiger partial charge in [0.1, 0.15) is 0 Å². The van der Waals surface area contributed by atoms with Crippen molar-refractivity contribution >= 4 is 27.3 Å². The zero-order valence-electron chi connectivity index (χ0n) is 14.1. The lowest BCUT2D eigenvalue weighted by atomic mass is 10.1. The highest BCUT2D eigenvalue weighted by atomic mass is 32.2. The van der Waals surface area contributed by atoms with Crippen LogP contribution in [0.1, 0.15) is 44.1 Å². The van der Waals surface area contributed by atoms with E-state index in [9.17, 15) is 18.0 Å². The summed E-state index contributed by atoms with van der Waals surface area (Å²) in [6.45, 7) is 1.79. The summed E-state index contributed by atoms with van der Waals surface area (Å²) in [5.74, 6) is -1.56. The minimum atomic E-state index is -3.50. The van der Waals surface area contributed by atoms with E-state index in [1.807, 2.05) is 0 Å². The molecule has 0 aromatic heterocycles. The number of benzene rings is 1. The number of nitrogens with one attached hydrogen (secondary N) is 2. The number of hydrogen-bond acceptors (Lipinski definition) is 4. The summed E-state index contributed by atoms with van der Waals surface area (Å²) < 4.78 is 23.6. The van der Waals surface area contributed by atoms with Crippen LogP contribution in [0.3, 0.4) is 0 Å². The lowest BCUT2D eigenvalue weighted by Crippen LogP contribution is -2.41. The zero-order valence-corrected chi connectivity index (χ0v) is 14.9. The van der Waals surface area contributed by atoms with Crippen molar-refractivity contribution in [1.82, 2.24) is 5.32 Å². The van der Waals surface area contributed by atoms with Crippen LogP contribution in [0.15, 0.2) is 23.1 Å². The highest BCUT2D eigenvalue weighted by molar-refractivity contribution is 7.90. The van der Waals surface area contributed by atoms with Gasteiger partial charge in [0.15, 0.2) is 9.84 Å². The van der Waals surface area contributed by atoms with Gasteiger partial charge in [-0.25, -0.2) is 8.42 Å². The molecule has 1 fully saturated rings. The lowest BCUT2D eigenvalue weighted by Gasteiger charge is -2.16. The van der Waals surface area contributed by atoms with Crippen LogP contribution in [0.5, 0.6) is 0 Å².